The highest BCUT2D eigenvalue weighted by atomic mass is 16.5. The highest BCUT2D eigenvalue weighted by molar-refractivity contribution is 4.93. The number of hydrogen-bond donors (Lipinski definition) is 1. The van der Waals surface area contributed by atoms with Gasteiger partial charge in [-0.3, -0.25) is 0 Å². The normalized spacial score (nSPS) is 24.1. The summed E-state index contributed by atoms with van der Waals surface area (Å²) in [6.07, 6.45) is 5.95. The highest BCUT2D eigenvalue weighted by Crippen LogP contribution is 2.17. The SMILES string of the molecule is CC(C)=CCCC(C)NC(C)C1CCOC1. The average Bonchev–Trinajstić information content (AvgIpc) is 2.69. The number of allylic oxidation sites excluding steroid dienone is 2. The zero-order chi connectivity index (χ0) is 12.0. The van der Waals surface area contributed by atoms with Crippen LogP contribution in [0.4, 0.5) is 0 Å². The Kier molecular flexibility index (Phi) is 6.07. The van der Waals surface area contributed by atoms with Crippen molar-refractivity contribution in [1.82, 2.24) is 5.32 Å². The number of rotatable bonds is 6. The topological polar surface area (TPSA) is 21.3 Å². The van der Waals surface area contributed by atoms with Crippen molar-refractivity contribution < 1.29 is 4.74 Å². The second-order valence-electron chi connectivity index (χ2n) is 5.34. The van der Waals surface area contributed by atoms with Crippen molar-refractivity contribution in [3.8, 4) is 0 Å². The molecule has 3 unspecified atom stereocenters. The largest absolute Gasteiger partial charge is 0.381 e. The van der Waals surface area contributed by atoms with Crippen LogP contribution in [0.2, 0.25) is 0 Å². The van der Waals surface area contributed by atoms with Crippen molar-refractivity contribution >= 4 is 0 Å². The molecule has 1 aliphatic heterocycles. The fraction of sp³-hybridized carbons (Fsp3) is 0.857. The van der Waals surface area contributed by atoms with Gasteiger partial charge in [-0.15, -0.1) is 0 Å². The third kappa shape index (κ3) is 5.13. The van der Waals surface area contributed by atoms with Crippen LogP contribution in [0.3, 0.4) is 0 Å². The summed E-state index contributed by atoms with van der Waals surface area (Å²) in [4.78, 5) is 0. The molecular formula is C14H27NO. The monoisotopic (exact) mass is 225 g/mol. The molecule has 16 heavy (non-hydrogen) atoms. The second-order valence-corrected chi connectivity index (χ2v) is 5.34. The lowest BCUT2D eigenvalue weighted by Crippen LogP contribution is -2.39. The summed E-state index contributed by atoms with van der Waals surface area (Å²) in [5.74, 6) is 0.714. The molecule has 1 rings (SSSR count). The molecule has 0 aliphatic carbocycles. The fourth-order valence-corrected chi connectivity index (χ4v) is 2.24. The third-order valence-electron chi connectivity index (χ3n) is 3.37. The van der Waals surface area contributed by atoms with E-state index in [1.54, 1.807) is 0 Å². The molecule has 0 radical (unpaired) electrons. The van der Waals surface area contributed by atoms with Crippen LogP contribution in [0, 0.1) is 5.92 Å². The van der Waals surface area contributed by atoms with Gasteiger partial charge in [0, 0.05) is 18.7 Å². The standard InChI is InChI=1S/C14H27NO/c1-11(2)6-5-7-12(3)15-13(4)14-8-9-16-10-14/h6,12-15H,5,7-10H2,1-4H3. The summed E-state index contributed by atoms with van der Waals surface area (Å²) in [6, 6.07) is 1.19. The van der Waals surface area contributed by atoms with Crippen LogP contribution in [-0.4, -0.2) is 25.3 Å². The minimum atomic E-state index is 0.587. The fourth-order valence-electron chi connectivity index (χ4n) is 2.24. The van der Waals surface area contributed by atoms with Crippen LogP contribution in [0.1, 0.15) is 47.0 Å². The first-order valence-electron chi connectivity index (χ1n) is 6.56. The Morgan fingerprint density at radius 3 is 2.75 bits per heavy atom. The lowest BCUT2D eigenvalue weighted by atomic mass is 9.99. The molecule has 94 valence electrons. The summed E-state index contributed by atoms with van der Waals surface area (Å²) < 4.78 is 5.42. The van der Waals surface area contributed by atoms with Gasteiger partial charge < -0.3 is 10.1 Å². The van der Waals surface area contributed by atoms with E-state index in [1.165, 1.54) is 24.8 Å². The summed E-state index contributed by atoms with van der Waals surface area (Å²) in [6.45, 7) is 10.8. The van der Waals surface area contributed by atoms with E-state index < -0.39 is 0 Å². The van der Waals surface area contributed by atoms with Gasteiger partial charge in [0.15, 0.2) is 0 Å². The van der Waals surface area contributed by atoms with Crippen molar-refractivity contribution in [3.05, 3.63) is 11.6 Å². The van der Waals surface area contributed by atoms with Crippen molar-refractivity contribution in [2.24, 2.45) is 5.92 Å². The van der Waals surface area contributed by atoms with E-state index in [-0.39, 0.29) is 0 Å². The lowest BCUT2D eigenvalue weighted by molar-refractivity contribution is 0.176. The number of hydrogen-bond acceptors (Lipinski definition) is 2. The predicted octanol–water partition coefficient (Wildman–Crippen LogP) is 3.14. The third-order valence-corrected chi connectivity index (χ3v) is 3.37. The van der Waals surface area contributed by atoms with Crippen LogP contribution < -0.4 is 5.32 Å². The maximum absolute atomic E-state index is 5.42. The molecule has 1 fully saturated rings. The molecule has 2 heteroatoms. The van der Waals surface area contributed by atoms with E-state index in [0.29, 0.717) is 18.0 Å². The summed E-state index contributed by atoms with van der Waals surface area (Å²) >= 11 is 0. The number of nitrogens with one attached hydrogen (secondary N) is 1. The Morgan fingerprint density at radius 2 is 2.19 bits per heavy atom. The molecule has 0 aromatic rings. The minimum absolute atomic E-state index is 0.587. The minimum Gasteiger partial charge on any atom is -0.381 e. The van der Waals surface area contributed by atoms with Gasteiger partial charge in [0.05, 0.1) is 6.61 Å². The van der Waals surface area contributed by atoms with Crippen LogP contribution in [0.15, 0.2) is 11.6 Å². The molecule has 1 aliphatic rings. The van der Waals surface area contributed by atoms with Crippen LogP contribution in [0.25, 0.3) is 0 Å². The first kappa shape index (κ1) is 13.7. The van der Waals surface area contributed by atoms with Gasteiger partial charge in [-0.25, -0.2) is 0 Å². The van der Waals surface area contributed by atoms with Crippen molar-refractivity contribution in [2.45, 2.75) is 59.0 Å². The molecule has 3 atom stereocenters. The predicted molar refractivity (Wildman–Crippen MR) is 69.7 cm³/mol. The van der Waals surface area contributed by atoms with Crippen molar-refractivity contribution in [3.63, 3.8) is 0 Å². The van der Waals surface area contributed by atoms with Gasteiger partial charge in [0.2, 0.25) is 0 Å². The Morgan fingerprint density at radius 1 is 1.44 bits per heavy atom. The lowest BCUT2D eigenvalue weighted by Gasteiger charge is -2.23. The molecule has 0 amide bonds. The molecule has 0 saturated carbocycles. The van der Waals surface area contributed by atoms with Crippen LogP contribution >= 0.6 is 0 Å². The van der Waals surface area contributed by atoms with Crippen molar-refractivity contribution in [1.29, 1.82) is 0 Å². The first-order chi connectivity index (χ1) is 7.59. The Bertz CT molecular complexity index is 215. The van der Waals surface area contributed by atoms with Crippen LogP contribution in [-0.2, 0) is 4.74 Å². The average molecular weight is 225 g/mol. The molecule has 0 spiro atoms. The van der Waals surface area contributed by atoms with Crippen LogP contribution in [0.5, 0.6) is 0 Å². The van der Waals surface area contributed by atoms with E-state index in [2.05, 4.69) is 39.1 Å². The maximum atomic E-state index is 5.42. The van der Waals surface area contributed by atoms with Gasteiger partial charge >= 0.3 is 0 Å². The van der Waals surface area contributed by atoms with Gasteiger partial charge in [0.1, 0.15) is 0 Å². The summed E-state index contributed by atoms with van der Waals surface area (Å²) in [5.41, 5.74) is 1.42. The molecule has 1 saturated heterocycles. The molecule has 0 bridgehead atoms. The summed E-state index contributed by atoms with van der Waals surface area (Å²) in [5, 5.41) is 3.69. The van der Waals surface area contributed by atoms with E-state index >= 15 is 0 Å². The van der Waals surface area contributed by atoms with E-state index in [4.69, 9.17) is 4.74 Å². The Hall–Kier alpha value is -0.340. The highest BCUT2D eigenvalue weighted by Gasteiger charge is 2.22. The van der Waals surface area contributed by atoms with Gasteiger partial charge in [-0.05, 0) is 52.9 Å². The Balaban J connectivity index is 2.17. The first-order valence-corrected chi connectivity index (χ1v) is 6.56. The van der Waals surface area contributed by atoms with E-state index in [1.807, 2.05) is 0 Å². The van der Waals surface area contributed by atoms with Gasteiger partial charge in [-0.1, -0.05) is 11.6 Å². The smallest absolute Gasteiger partial charge is 0.0509 e. The van der Waals surface area contributed by atoms with Gasteiger partial charge in [-0.2, -0.15) is 0 Å². The van der Waals surface area contributed by atoms with Crippen molar-refractivity contribution in [2.75, 3.05) is 13.2 Å². The zero-order valence-electron chi connectivity index (χ0n) is 11.3. The molecular weight excluding hydrogens is 198 g/mol. The molecule has 1 N–H and O–H groups in total. The molecule has 0 aromatic carbocycles. The van der Waals surface area contributed by atoms with E-state index in [9.17, 15) is 0 Å². The Labute approximate surface area is 100 Å². The summed E-state index contributed by atoms with van der Waals surface area (Å²) in [7, 11) is 0. The maximum Gasteiger partial charge on any atom is 0.0509 e. The zero-order valence-corrected chi connectivity index (χ0v) is 11.3. The molecule has 0 aromatic heterocycles. The molecule has 2 nitrogen and oxygen atoms in total. The van der Waals surface area contributed by atoms with E-state index in [0.717, 1.165) is 13.2 Å². The molecule has 1 heterocycles. The van der Waals surface area contributed by atoms with Gasteiger partial charge in [0.25, 0.3) is 0 Å². The second kappa shape index (κ2) is 7.08. The number of ether oxygens (including phenoxy) is 1. The quantitative estimate of drug-likeness (QED) is 0.701.